The molecule has 8 heteroatoms. The lowest BCUT2D eigenvalue weighted by molar-refractivity contribution is -0.116. The van der Waals surface area contributed by atoms with Crippen LogP contribution in [0.1, 0.15) is 29.4 Å². The Balaban J connectivity index is 1.69. The average Bonchev–Trinajstić information content (AvgIpc) is 2.99. The Kier molecular flexibility index (Phi) is 6.52. The quantitative estimate of drug-likeness (QED) is 0.544. The van der Waals surface area contributed by atoms with Crippen LogP contribution in [-0.4, -0.2) is 28.0 Å². The van der Waals surface area contributed by atoms with Gasteiger partial charge in [0.1, 0.15) is 17.1 Å². The van der Waals surface area contributed by atoms with Crippen molar-refractivity contribution in [3.63, 3.8) is 0 Å². The zero-order chi connectivity index (χ0) is 22.8. The molecule has 1 amide bonds. The summed E-state index contributed by atoms with van der Waals surface area (Å²) in [4.78, 5) is 12.5. The van der Waals surface area contributed by atoms with Crippen LogP contribution in [0.2, 0.25) is 0 Å². The number of carbonyl (C=O) groups excluding carboxylic acids is 1. The summed E-state index contributed by atoms with van der Waals surface area (Å²) in [6, 6.07) is 10.1. The third-order valence-corrected chi connectivity index (χ3v) is 6.16. The molecular formula is C23H26N2O5S. The first-order valence-electron chi connectivity index (χ1n) is 9.76. The number of rotatable bonds is 7. The van der Waals surface area contributed by atoms with Crippen LogP contribution in [0.25, 0.3) is 16.5 Å². The van der Waals surface area contributed by atoms with Gasteiger partial charge >= 0.3 is 0 Å². The van der Waals surface area contributed by atoms with E-state index < -0.39 is 10.0 Å². The van der Waals surface area contributed by atoms with E-state index in [0.717, 1.165) is 39.0 Å². The van der Waals surface area contributed by atoms with Crippen LogP contribution < -0.4 is 15.2 Å². The standard InChI is InChI=1S/C23H26N2O5S/c1-14(19-12-20-15(2)16(3)30-22(20)13-21(19)29-4)11-23(26)25-10-9-17-5-7-18(8-6-17)31(24,27)28/h5-8,11-13H,9-10H2,1-4H3,(H,25,26)(H2,24,27,28)/b14-11+. The van der Waals surface area contributed by atoms with Gasteiger partial charge in [0, 0.05) is 29.6 Å². The molecule has 0 atom stereocenters. The van der Waals surface area contributed by atoms with Gasteiger partial charge in [-0.25, -0.2) is 13.6 Å². The molecule has 0 radical (unpaired) electrons. The second kappa shape index (κ2) is 8.95. The minimum atomic E-state index is -3.71. The van der Waals surface area contributed by atoms with Crippen molar-refractivity contribution >= 4 is 32.5 Å². The summed E-state index contributed by atoms with van der Waals surface area (Å²) < 4.78 is 33.9. The van der Waals surface area contributed by atoms with Gasteiger partial charge in [-0.15, -0.1) is 0 Å². The number of benzene rings is 2. The van der Waals surface area contributed by atoms with Crippen LogP contribution in [0, 0.1) is 13.8 Å². The highest BCUT2D eigenvalue weighted by molar-refractivity contribution is 7.89. The maximum Gasteiger partial charge on any atom is 0.244 e. The molecule has 1 heterocycles. The Morgan fingerprint density at radius 3 is 2.48 bits per heavy atom. The van der Waals surface area contributed by atoms with Gasteiger partial charge in [0.2, 0.25) is 15.9 Å². The number of nitrogens with two attached hydrogens (primary N) is 1. The summed E-state index contributed by atoms with van der Waals surface area (Å²) in [5, 5.41) is 8.94. The molecule has 0 saturated heterocycles. The number of amides is 1. The van der Waals surface area contributed by atoms with E-state index in [1.165, 1.54) is 18.2 Å². The molecule has 2 aromatic carbocycles. The van der Waals surface area contributed by atoms with Crippen molar-refractivity contribution in [2.24, 2.45) is 5.14 Å². The van der Waals surface area contributed by atoms with E-state index >= 15 is 0 Å². The Hall–Kier alpha value is -3.10. The number of fused-ring (bicyclic) bond motifs is 1. The molecular weight excluding hydrogens is 416 g/mol. The highest BCUT2D eigenvalue weighted by atomic mass is 32.2. The highest BCUT2D eigenvalue weighted by Crippen LogP contribution is 2.34. The van der Waals surface area contributed by atoms with Crippen LogP contribution in [0.5, 0.6) is 5.75 Å². The number of allylic oxidation sites excluding steroid dienone is 1. The summed E-state index contributed by atoms with van der Waals surface area (Å²) in [5.74, 6) is 1.27. The van der Waals surface area contributed by atoms with Gasteiger partial charge in [-0.1, -0.05) is 12.1 Å². The second-order valence-electron chi connectivity index (χ2n) is 7.39. The zero-order valence-corrected chi connectivity index (χ0v) is 18.8. The lowest BCUT2D eigenvalue weighted by Gasteiger charge is -2.10. The number of methoxy groups -OCH3 is 1. The van der Waals surface area contributed by atoms with Crippen LogP contribution in [0.4, 0.5) is 0 Å². The van der Waals surface area contributed by atoms with Crippen LogP contribution >= 0.6 is 0 Å². The molecule has 7 nitrogen and oxygen atoms in total. The predicted octanol–water partition coefficient (Wildman–Crippen LogP) is 3.47. The summed E-state index contributed by atoms with van der Waals surface area (Å²) in [6.07, 6.45) is 2.10. The molecule has 0 spiro atoms. The van der Waals surface area contributed by atoms with Gasteiger partial charge in [-0.05, 0) is 62.1 Å². The van der Waals surface area contributed by atoms with E-state index in [-0.39, 0.29) is 10.8 Å². The number of sulfonamides is 1. The topological polar surface area (TPSA) is 112 Å². The summed E-state index contributed by atoms with van der Waals surface area (Å²) in [5.41, 5.74) is 4.30. The number of hydrogen-bond acceptors (Lipinski definition) is 5. The Bertz CT molecular complexity index is 1260. The van der Waals surface area contributed by atoms with Crippen molar-refractivity contribution in [3.05, 3.63) is 64.9 Å². The van der Waals surface area contributed by atoms with E-state index in [9.17, 15) is 13.2 Å². The van der Waals surface area contributed by atoms with Gasteiger partial charge < -0.3 is 14.5 Å². The molecule has 0 fully saturated rings. The molecule has 31 heavy (non-hydrogen) atoms. The van der Waals surface area contributed by atoms with Gasteiger partial charge in [-0.2, -0.15) is 0 Å². The molecule has 3 aromatic rings. The van der Waals surface area contributed by atoms with Crippen molar-refractivity contribution in [2.45, 2.75) is 32.1 Å². The van der Waals surface area contributed by atoms with Crippen molar-refractivity contribution < 1.29 is 22.4 Å². The third kappa shape index (κ3) is 5.15. The molecule has 3 N–H and O–H groups in total. The third-order valence-electron chi connectivity index (χ3n) is 5.23. The van der Waals surface area contributed by atoms with Crippen molar-refractivity contribution in [3.8, 4) is 5.75 Å². The van der Waals surface area contributed by atoms with Gasteiger partial charge in [0.15, 0.2) is 0 Å². The Morgan fingerprint density at radius 1 is 1.19 bits per heavy atom. The summed E-state index contributed by atoms with van der Waals surface area (Å²) in [6.45, 7) is 6.18. The van der Waals surface area contributed by atoms with Gasteiger partial charge in [-0.3, -0.25) is 4.79 Å². The minimum Gasteiger partial charge on any atom is -0.496 e. The van der Waals surface area contributed by atoms with E-state index in [4.69, 9.17) is 14.3 Å². The van der Waals surface area contributed by atoms with Crippen molar-refractivity contribution in [1.29, 1.82) is 0 Å². The highest BCUT2D eigenvalue weighted by Gasteiger charge is 2.14. The molecule has 3 rings (SSSR count). The SMILES string of the molecule is COc1cc2oc(C)c(C)c2cc1/C(C)=C/C(=O)NCCc1ccc(S(N)(=O)=O)cc1. The molecule has 0 aliphatic rings. The van der Waals surface area contributed by atoms with Gasteiger partial charge in [0.25, 0.3) is 0 Å². The largest absolute Gasteiger partial charge is 0.496 e. The minimum absolute atomic E-state index is 0.0628. The fourth-order valence-electron chi connectivity index (χ4n) is 3.35. The molecule has 0 saturated carbocycles. The fourth-order valence-corrected chi connectivity index (χ4v) is 3.86. The average molecular weight is 443 g/mol. The number of carbonyl (C=O) groups is 1. The van der Waals surface area contributed by atoms with E-state index in [0.29, 0.717) is 18.7 Å². The fraction of sp³-hybridized carbons (Fsp3) is 0.261. The normalized spacial score (nSPS) is 12.2. The number of ether oxygens (including phenoxy) is 1. The lowest BCUT2D eigenvalue weighted by atomic mass is 10.0. The monoisotopic (exact) mass is 442 g/mol. The summed E-state index contributed by atoms with van der Waals surface area (Å²) in [7, 11) is -2.12. The number of furan rings is 1. The zero-order valence-electron chi connectivity index (χ0n) is 18.0. The number of aryl methyl sites for hydroxylation is 2. The van der Waals surface area contributed by atoms with Crippen LogP contribution in [0.3, 0.4) is 0 Å². The first-order chi connectivity index (χ1) is 14.6. The first-order valence-corrected chi connectivity index (χ1v) is 11.3. The van der Waals surface area contributed by atoms with Gasteiger partial charge in [0.05, 0.1) is 12.0 Å². The second-order valence-corrected chi connectivity index (χ2v) is 8.95. The van der Waals surface area contributed by atoms with Crippen molar-refractivity contribution in [2.75, 3.05) is 13.7 Å². The predicted molar refractivity (Wildman–Crippen MR) is 120 cm³/mol. The smallest absolute Gasteiger partial charge is 0.244 e. The first kappa shape index (κ1) is 22.6. The molecule has 164 valence electrons. The summed E-state index contributed by atoms with van der Waals surface area (Å²) >= 11 is 0. The molecule has 0 aliphatic heterocycles. The number of nitrogens with one attached hydrogen (secondary N) is 1. The maximum absolute atomic E-state index is 12.4. The van der Waals surface area contributed by atoms with E-state index in [1.807, 2.05) is 32.9 Å². The molecule has 0 unspecified atom stereocenters. The van der Waals surface area contributed by atoms with E-state index in [2.05, 4.69) is 5.32 Å². The van der Waals surface area contributed by atoms with E-state index in [1.54, 1.807) is 19.2 Å². The Morgan fingerprint density at radius 2 is 1.87 bits per heavy atom. The number of hydrogen-bond donors (Lipinski definition) is 2. The maximum atomic E-state index is 12.4. The lowest BCUT2D eigenvalue weighted by Crippen LogP contribution is -2.23. The van der Waals surface area contributed by atoms with Crippen LogP contribution in [-0.2, 0) is 21.2 Å². The number of primary sulfonamides is 1. The van der Waals surface area contributed by atoms with Crippen LogP contribution in [0.15, 0.2) is 51.8 Å². The molecule has 0 aliphatic carbocycles. The molecule has 0 bridgehead atoms. The molecule has 1 aromatic heterocycles. The van der Waals surface area contributed by atoms with Crippen molar-refractivity contribution in [1.82, 2.24) is 5.32 Å². The Labute approximate surface area is 181 Å².